The Morgan fingerprint density at radius 3 is 1.07 bits per heavy atom. The normalized spacial score (nSPS) is 11.7. The predicted octanol–water partition coefficient (Wildman–Crippen LogP) is 15.7. The standard InChI is InChI=1S/C58H36N2/c1-2-14-43(15-3-1)58-59-54(39-22-26-41(27-23-39)56-48-20-10-6-16-44(48)34-52-46-18-8-4-12-37(46)30-32-50(52)56)36-55(60-58)40-24-28-42(29-25-40)57-49-21-11-7-17-45(49)35-53-47-19-9-5-13-38(47)31-33-51(53)57/h1-36H. The van der Waals surface area contributed by atoms with E-state index in [2.05, 4.69) is 200 Å². The van der Waals surface area contributed by atoms with Gasteiger partial charge >= 0.3 is 0 Å². The van der Waals surface area contributed by atoms with E-state index in [1.807, 2.05) is 18.2 Å². The van der Waals surface area contributed by atoms with E-state index < -0.39 is 0 Å². The maximum absolute atomic E-state index is 5.18. The smallest absolute Gasteiger partial charge is 0.160 e. The number of fused-ring (bicyclic) bond motifs is 8. The number of hydrogen-bond acceptors (Lipinski definition) is 2. The molecule has 0 spiro atoms. The summed E-state index contributed by atoms with van der Waals surface area (Å²) in [4.78, 5) is 10.4. The molecule has 0 unspecified atom stereocenters. The first-order valence-corrected chi connectivity index (χ1v) is 20.6. The van der Waals surface area contributed by atoms with Crippen molar-refractivity contribution in [2.45, 2.75) is 0 Å². The third-order valence-corrected chi connectivity index (χ3v) is 12.2. The van der Waals surface area contributed by atoms with Gasteiger partial charge in [-0.15, -0.1) is 0 Å². The summed E-state index contributed by atoms with van der Waals surface area (Å²) in [6.07, 6.45) is 0. The Morgan fingerprint density at radius 2 is 0.600 bits per heavy atom. The van der Waals surface area contributed by atoms with Crippen molar-refractivity contribution in [3.63, 3.8) is 0 Å². The second-order valence-corrected chi connectivity index (χ2v) is 15.7. The molecule has 11 aromatic carbocycles. The molecule has 0 bridgehead atoms. The fourth-order valence-electron chi connectivity index (χ4n) is 9.34. The Hall–Kier alpha value is -7.94. The summed E-state index contributed by atoms with van der Waals surface area (Å²) in [6.45, 7) is 0. The Kier molecular flexibility index (Phi) is 7.89. The fourth-order valence-corrected chi connectivity index (χ4v) is 9.34. The van der Waals surface area contributed by atoms with Crippen LogP contribution in [0.25, 0.3) is 121 Å². The van der Waals surface area contributed by atoms with Gasteiger partial charge < -0.3 is 0 Å². The SMILES string of the molecule is c1ccc(-c2nc(-c3ccc(-c4c5ccccc5cc5c4ccc4ccccc45)cc3)cc(-c3ccc(-c4c5ccccc5cc5c4ccc4ccccc45)cc3)n2)cc1. The van der Waals surface area contributed by atoms with E-state index in [0.717, 1.165) is 28.1 Å². The number of benzene rings is 11. The van der Waals surface area contributed by atoms with Crippen LogP contribution in [0.5, 0.6) is 0 Å². The fraction of sp³-hybridized carbons (Fsp3) is 0. The second-order valence-electron chi connectivity index (χ2n) is 15.7. The van der Waals surface area contributed by atoms with Gasteiger partial charge in [-0.25, -0.2) is 9.97 Å². The van der Waals surface area contributed by atoms with E-state index in [9.17, 15) is 0 Å². The summed E-state index contributed by atoms with van der Waals surface area (Å²) >= 11 is 0. The molecular formula is C58H36N2. The molecule has 2 nitrogen and oxygen atoms in total. The van der Waals surface area contributed by atoms with Gasteiger partial charge in [0.25, 0.3) is 0 Å². The molecule has 278 valence electrons. The van der Waals surface area contributed by atoms with E-state index in [0.29, 0.717) is 5.82 Å². The Balaban J connectivity index is 0.979. The van der Waals surface area contributed by atoms with Crippen molar-refractivity contribution >= 4 is 64.6 Å². The molecule has 0 aliphatic heterocycles. The average Bonchev–Trinajstić information content (AvgIpc) is 3.32. The summed E-state index contributed by atoms with van der Waals surface area (Å²) < 4.78 is 0. The van der Waals surface area contributed by atoms with Crippen molar-refractivity contribution in [3.05, 3.63) is 218 Å². The third-order valence-electron chi connectivity index (χ3n) is 12.2. The van der Waals surface area contributed by atoms with Crippen LogP contribution in [0.15, 0.2) is 218 Å². The lowest BCUT2D eigenvalue weighted by Gasteiger charge is -2.15. The lowest BCUT2D eigenvalue weighted by molar-refractivity contribution is 1.18. The highest BCUT2D eigenvalue weighted by atomic mass is 14.9. The van der Waals surface area contributed by atoms with Gasteiger partial charge in [-0.2, -0.15) is 0 Å². The van der Waals surface area contributed by atoms with Crippen LogP contribution in [0, 0.1) is 0 Å². The second kappa shape index (κ2) is 13.9. The lowest BCUT2D eigenvalue weighted by Crippen LogP contribution is -1.96. The maximum Gasteiger partial charge on any atom is 0.160 e. The zero-order valence-electron chi connectivity index (χ0n) is 32.7. The molecule has 0 aliphatic carbocycles. The van der Waals surface area contributed by atoms with E-state index >= 15 is 0 Å². The molecule has 0 atom stereocenters. The zero-order chi connectivity index (χ0) is 39.6. The minimum atomic E-state index is 0.704. The summed E-state index contributed by atoms with van der Waals surface area (Å²) in [7, 11) is 0. The molecule has 1 aromatic heterocycles. The molecule has 12 rings (SSSR count). The van der Waals surface area contributed by atoms with E-state index in [4.69, 9.17) is 9.97 Å². The minimum Gasteiger partial charge on any atom is -0.228 e. The number of aromatic nitrogens is 2. The van der Waals surface area contributed by atoms with E-state index in [-0.39, 0.29) is 0 Å². The first-order valence-electron chi connectivity index (χ1n) is 20.6. The summed E-state index contributed by atoms with van der Waals surface area (Å²) in [5, 5.41) is 15.1. The van der Waals surface area contributed by atoms with Crippen LogP contribution in [0.1, 0.15) is 0 Å². The molecule has 0 saturated carbocycles. The first kappa shape index (κ1) is 34.1. The molecule has 12 aromatic rings. The summed E-state index contributed by atoms with van der Waals surface area (Å²) in [5.41, 5.74) is 9.70. The van der Waals surface area contributed by atoms with Crippen LogP contribution in [0.2, 0.25) is 0 Å². The minimum absolute atomic E-state index is 0.704. The van der Waals surface area contributed by atoms with Gasteiger partial charge in [0.15, 0.2) is 5.82 Å². The highest BCUT2D eigenvalue weighted by Crippen LogP contribution is 2.42. The number of nitrogens with zero attached hydrogens (tertiary/aromatic N) is 2. The third kappa shape index (κ3) is 5.65. The molecule has 1 heterocycles. The van der Waals surface area contributed by atoms with Crippen molar-refractivity contribution in [3.8, 4) is 56.2 Å². The number of rotatable bonds is 5. The average molecular weight is 761 g/mol. The monoisotopic (exact) mass is 760 g/mol. The van der Waals surface area contributed by atoms with Crippen molar-refractivity contribution in [1.82, 2.24) is 9.97 Å². The van der Waals surface area contributed by atoms with E-state index in [1.165, 1.54) is 86.9 Å². The predicted molar refractivity (Wildman–Crippen MR) is 254 cm³/mol. The van der Waals surface area contributed by atoms with Crippen LogP contribution in [-0.2, 0) is 0 Å². The number of hydrogen-bond donors (Lipinski definition) is 0. The van der Waals surface area contributed by atoms with Gasteiger partial charge in [0.2, 0.25) is 0 Å². The van der Waals surface area contributed by atoms with Gasteiger partial charge in [-0.3, -0.25) is 0 Å². The van der Waals surface area contributed by atoms with Crippen LogP contribution in [-0.4, -0.2) is 9.97 Å². The van der Waals surface area contributed by atoms with Crippen LogP contribution < -0.4 is 0 Å². The van der Waals surface area contributed by atoms with E-state index in [1.54, 1.807) is 0 Å². The Morgan fingerprint density at radius 1 is 0.217 bits per heavy atom. The van der Waals surface area contributed by atoms with Gasteiger partial charge in [0.1, 0.15) is 0 Å². The molecule has 0 radical (unpaired) electrons. The highest BCUT2D eigenvalue weighted by molar-refractivity contribution is 6.21. The molecule has 0 aliphatic rings. The lowest BCUT2D eigenvalue weighted by atomic mass is 9.89. The zero-order valence-corrected chi connectivity index (χ0v) is 32.7. The van der Waals surface area contributed by atoms with Gasteiger partial charge in [-0.05, 0) is 105 Å². The van der Waals surface area contributed by atoms with Gasteiger partial charge in [0, 0.05) is 16.7 Å². The summed E-state index contributed by atoms with van der Waals surface area (Å²) in [6, 6.07) is 78.8. The van der Waals surface area contributed by atoms with Crippen LogP contribution in [0.3, 0.4) is 0 Å². The summed E-state index contributed by atoms with van der Waals surface area (Å²) in [5.74, 6) is 0.704. The molecule has 0 amide bonds. The van der Waals surface area contributed by atoms with Crippen LogP contribution >= 0.6 is 0 Å². The van der Waals surface area contributed by atoms with Crippen LogP contribution in [0.4, 0.5) is 0 Å². The molecule has 0 fully saturated rings. The van der Waals surface area contributed by atoms with Gasteiger partial charge in [0.05, 0.1) is 11.4 Å². The molecular weight excluding hydrogens is 725 g/mol. The van der Waals surface area contributed by atoms with Crippen molar-refractivity contribution in [2.24, 2.45) is 0 Å². The van der Waals surface area contributed by atoms with Crippen molar-refractivity contribution < 1.29 is 0 Å². The molecule has 0 N–H and O–H groups in total. The molecule has 0 saturated heterocycles. The largest absolute Gasteiger partial charge is 0.228 e. The maximum atomic E-state index is 5.18. The topological polar surface area (TPSA) is 25.8 Å². The van der Waals surface area contributed by atoms with Crippen molar-refractivity contribution in [1.29, 1.82) is 0 Å². The molecule has 2 heteroatoms. The Bertz CT molecular complexity index is 3410. The van der Waals surface area contributed by atoms with Gasteiger partial charge in [-0.1, -0.05) is 200 Å². The molecule has 60 heavy (non-hydrogen) atoms. The highest BCUT2D eigenvalue weighted by Gasteiger charge is 2.16. The Labute approximate surface area is 347 Å². The first-order chi connectivity index (χ1) is 29.7. The quantitative estimate of drug-likeness (QED) is 0.129. The van der Waals surface area contributed by atoms with Crippen molar-refractivity contribution in [2.75, 3.05) is 0 Å².